The van der Waals surface area contributed by atoms with Gasteiger partial charge in [-0.1, -0.05) is 17.7 Å². The lowest BCUT2D eigenvalue weighted by Crippen LogP contribution is -2.38. The zero-order valence-electron chi connectivity index (χ0n) is 25.7. The van der Waals surface area contributed by atoms with E-state index in [0.29, 0.717) is 78.4 Å². The average molecular weight is 648 g/mol. The van der Waals surface area contributed by atoms with Gasteiger partial charge in [0, 0.05) is 25.1 Å². The van der Waals surface area contributed by atoms with Gasteiger partial charge in [0.05, 0.1) is 61.8 Å². The summed E-state index contributed by atoms with van der Waals surface area (Å²) in [6.07, 6.45) is 2.75. The zero-order valence-corrected chi connectivity index (χ0v) is 26.5. The molecule has 12 nitrogen and oxygen atoms in total. The summed E-state index contributed by atoms with van der Waals surface area (Å²) < 4.78 is 32.0. The highest BCUT2D eigenvalue weighted by atomic mass is 35.5. The van der Waals surface area contributed by atoms with Crippen LogP contribution < -0.4 is 23.8 Å². The van der Waals surface area contributed by atoms with Crippen molar-refractivity contribution in [3.63, 3.8) is 0 Å². The first-order valence-electron chi connectivity index (χ1n) is 15.2. The maximum Gasteiger partial charge on any atom is 0.335 e. The zero-order chi connectivity index (χ0) is 32.0. The Bertz CT molecular complexity index is 1840. The molecule has 3 aliphatic heterocycles. The number of fused-ring (bicyclic) bond motifs is 2. The third-order valence-electron chi connectivity index (χ3n) is 8.42. The van der Waals surface area contributed by atoms with Gasteiger partial charge in [-0.25, -0.2) is 9.78 Å². The molecule has 0 spiro atoms. The van der Waals surface area contributed by atoms with Crippen LogP contribution in [0, 0.1) is 0 Å². The molecule has 0 bridgehead atoms. The Kier molecular flexibility index (Phi) is 7.77. The number of methoxy groups -OCH3 is 1. The number of rotatable bonds is 10. The van der Waals surface area contributed by atoms with Gasteiger partial charge in [0.1, 0.15) is 29.2 Å². The maximum atomic E-state index is 11.9. The number of aromatic nitrogens is 2. The van der Waals surface area contributed by atoms with Crippen molar-refractivity contribution in [3.8, 4) is 23.0 Å². The highest BCUT2D eigenvalue weighted by molar-refractivity contribution is 6.30. The third kappa shape index (κ3) is 5.41. The molecule has 1 aromatic heterocycles. The van der Waals surface area contributed by atoms with Crippen LogP contribution in [0.15, 0.2) is 53.6 Å². The van der Waals surface area contributed by atoms with Crippen LogP contribution in [0.4, 0.5) is 5.69 Å². The number of carboxylic acids is 1. The van der Waals surface area contributed by atoms with E-state index in [2.05, 4.69) is 0 Å². The summed E-state index contributed by atoms with van der Waals surface area (Å²) in [6, 6.07) is 14.3. The van der Waals surface area contributed by atoms with Gasteiger partial charge in [-0.2, -0.15) is 5.10 Å². The minimum Gasteiger partial charge on any atom is -0.496 e. The minimum absolute atomic E-state index is 0.0430. The minimum atomic E-state index is -1.11. The molecule has 1 saturated heterocycles. The van der Waals surface area contributed by atoms with Gasteiger partial charge in [-0.15, -0.1) is 0 Å². The number of hydrogen-bond donors (Lipinski definition) is 1. The molecule has 240 valence electrons. The summed E-state index contributed by atoms with van der Waals surface area (Å²) in [7, 11) is 1.59. The number of halogens is 1. The molecule has 4 heterocycles. The van der Waals surface area contributed by atoms with Crippen LogP contribution in [0.5, 0.6) is 23.0 Å². The van der Waals surface area contributed by atoms with E-state index < -0.39 is 11.8 Å². The van der Waals surface area contributed by atoms with Gasteiger partial charge in [0.2, 0.25) is 0 Å². The predicted molar refractivity (Wildman–Crippen MR) is 172 cm³/mol. The number of ether oxygens (including phenoxy) is 5. The van der Waals surface area contributed by atoms with Crippen molar-refractivity contribution in [2.45, 2.75) is 45.2 Å². The number of hydrogen-bond acceptors (Lipinski definition) is 10. The molecule has 0 radical (unpaired) electrons. The van der Waals surface area contributed by atoms with Crippen LogP contribution in [0.3, 0.4) is 0 Å². The fourth-order valence-electron chi connectivity index (χ4n) is 6.01. The number of benzene rings is 3. The monoisotopic (exact) mass is 647 g/mol. The molecule has 0 saturated carbocycles. The van der Waals surface area contributed by atoms with Crippen molar-refractivity contribution in [1.29, 1.82) is 0 Å². The fourth-order valence-corrected chi connectivity index (χ4v) is 6.18. The summed E-state index contributed by atoms with van der Waals surface area (Å²) in [6.45, 7) is 7.04. The Balaban J connectivity index is 1.15. The number of anilines is 1. The Hall–Kier alpha value is -4.68. The topological polar surface area (TPSA) is 120 Å². The van der Waals surface area contributed by atoms with Crippen molar-refractivity contribution in [2.24, 2.45) is 5.10 Å². The van der Waals surface area contributed by atoms with E-state index in [1.165, 1.54) is 6.07 Å². The molecule has 13 heteroatoms. The van der Waals surface area contributed by atoms with Gasteiger partial charge in [-0.3, -0.25) is 5.01 Å². The quantitative estimate of drug-likeness (QED) is 0.236. The van der Waals surface area contributed by atoms with Gasteiger partial charge >= 0.3 is 5.97 Å². The number of para-hydroxylation sites is 1. The number of aromatic carboxylic acids is 1. The van der Waals surface area contributed by atoms with Crippen molar-refractivity contribution >= 4 is 40.6 Å². The van der Waals surface area contributed by atoms with E-state index in [4.69, 9.17) is 45.4 Å². The van der Waals surface area contributed by atoms with Crippen LogP contribution >= 0.6 is 11.6 Å². The first kappa shape index (κ1) is 30.0. The number of hydrazone groups is 1. The van der Waals surface area contributed by atoms with Gasteiger partial charge in [0.15, 0.2) is 11.5 Å². The summed E-state index contributed by atoms with van der Waals surface area (Å²) in [5, 5.41) is 17.0. The summed E-state index contributed by atoms with van der Waals surface area (Å²) in [5.74, 6) is 0.868. The number of carboxylic acid groups (broad SMARTS) is 1. The molecule has 2 atom stereocenters. The number of carbonyl (C=O) groups is 1. The molecular weight excluding hydrogens is 614 g/mol. The molecule has 7 rings (SSSR count). The number of imidazole rings is 1. The SMILES string of the molecule is CCOc1cc(C(=O)O)cc2c1nc(CN1CCN(c3cccc4c3OC(C)(c3ccc(Cl)cc3OC)O4)C=N1)n2C[C@@H]1CCO1. The molecule has 4 aromatic rings. The van der Waals surface area contributed by atoms with E-state index in [0.717, 1.165) is 23.5 Å². The Morgan fingerprint density at radius 2 is 2.00 bits per heavy atom. The maximum absolute atomic E-state index is 11.9. The summed E-state index contributed by atoms with van der Waals surface area (Å²) in [4.78, 5) is 18.9. The molecule has 1 unspecified atom stereocenters. The second kappa shape index (κ2) is 11.9. The largest absolute Gasteiger partial charge is 0.496 e. The molecular formula is C33H34ClN5O7. The van der Waals surface area contributed by atoms with E-state index in [-0.39, 0.29) is 11.7 Å². The lowest BCUT2D eigenvalue weighted by Gasteiger charge is -2.31. The second-order valence-corrected chi connectivity index (χ2v) is 11.8. The molecule has 1 N–H and O–H groups in total. The molecule has 0 aliphatic carbocycles. The molecule has 3 aliphatic rings. The van der Waals surface area contributed by atoms with Gasteiger partial charge < -0.3 is 38.3 Å². The lowest BCUT2D eigenvalue weighted by atomic mass is 10.1. The van der Waals surface area contributed by atoms with E-state index in [1.807, 2.05) is 52.6 Å². The normalized spacial score (nSPS) is 20.2. The van der Waals surface area contributed by atoms with E-state index >= 15 is 0 Å². The Labute approximate surface area is 270 Å². The van der Waals surface area contributed by atoms with Gasteiger partial charge in [0.25, 0.3) is 5.79 Å². The van der Waals surface area contributed by atoms with Crippen LogP contribution in [-0.4, -0.2) is 71.5 Å². The molecule has 46 heavy (non-hydrogen) atoms. The summed E-state index contributed by atoms with van der Waals surface area (Å²) >= 11 is 6.20. The third-order valence-corrected chi connectivity index (χ3v) is 8.66. The van der Waals surface area contributed by atoms with E-state index in [1.54, 1.807) is 31.6 Å². The van der Waals surface area contributed by atoms with E-state index in [9.17, 15) is 9.90 Å². The molecule has 0 amide bonds. The number of nitrogens with zero attached hydrogens (tertiary/aromatic N) is 5. The first-order valence-corrected chi connectivity index (χ1v) is 15.6. The Morgan fingerprint density at radius 3 is 2.70 bits per heavy atom. The Morgan fingerprint density at radius 1 is 1.15 bits per heavy atom. The fraction of sp³-hybridized carbons (Fsp3) is 0.364. The predicted octanol–water partition coefficient (Wildman–Crippen LogP) is 5.49. The summed E-state index contributed by atoms with van der Waals surface area (Å²) in [5.41, 5.74) is 3.03. The highest BCUT2D eigenvalue weighted by Crippen LogP contribution is 2.51. The van der Waals surface area contributed by atoms with Crippen LogP contribution in [-0.2, 0) is 23.6 Å². The second-order valence-electron chi connectivity index (χ2n) is 11.4. The van der Waals surface area contributed by atoms with Crippen molar-refractivity contribution in [2.75, 3.05) is 38.3 Å². The highest BCUT2D eigenvalue weighted by Gasteiger charge is 2.43. The lowest BCUT2D eigenvalue weighted by molar-refractivity contribution is -0.0693. The average Bonchev–Trinajstić information content (AvgIpc) is 3.56. The van der Waals surface area contributed by atoms with Crippen molar-refractivity contribution in [3.05, 3.63) is 70.5 Å². The molecule has 1 fully saturated rings. The van der Waals surface area contributed by atoms with Gasteiger partial charge in [-0.05, 0) is 55.8 Å². The van der Waals surface area contributed by atoms with Crippen LogP contribution in [0.25, 0.3) is 11.0 Å². The standard InChI is InChI=1S/C33H34ClN5O7/c1-4-43-28-15-20(32(40)41)14-25-30(28)36-29(39(25)17-22-10-13-44-22)18-38-12-11-37(19-35-38)24-6-5-7-26-31(24)46-33(2,45-26)23-9-8-21(34)16-27(23)42-3/h5-9,14-16,19,22H,4,10-13,17-18H2,1-3H3,(H,40,41)/t22-,33?/m0/s1. The molecule has 3 aromatic carbocycles. The van der Waals surface area contributed by atoms with Crippen LogP contribution in [0.2, 0.25) is 5.02 Å². The first-order chi connectivity index (χ1) is 22.3. The van der Waals surface area contributed by atoms with Crippen LogP contribution in [0.1, 0.15) is 42.0 Å². The smallest absolute Gasteiger partial charge is 0.335 e. The van der Waals surface area contributed by atoms with Crippen molar-refractivity contribution < 1.29 is 33.6 Å². The van der Waals surface area contributed by atoms with Crippen molar-refractivity contribution in [1.82, 2.24) is 14.6 Å².